The standard InChI is InChI=1S/C17H15ClN2O2/c1-2-10-19-16(21)12-4-3-5-13(11-12)17(22)20-15-8-6-14(18)7-9-15/h2-9,11H,1,10H2,(H,19,21)(H,20,22). The summed E-state index contributed by atoms with van der Waals surface area (Å²) in [7, 11) is 0. The van der Waals surface area contributed by atoms with Crippen LogP contribution in [0.25, 0.3) is 0 Å². The van der Waals surface area contributed by atoms with Crippen molar-refractivity contribution in [3.8, 4) is 0 Å². The number of amides is 2. The molecule has 0 unspecified atom stereocenters. The van der Waals surface area contributed by atoms with Crippen molar-refractivity contribution in [2.75, 3.05) is 11.9 Å². The van der Waals surface area contributed by atoms with Crippen LogP contribution in [-0.4, -0.2) is 18.4 Å². The molecule has 0 heterocycles. The zero-order valence-electron chi connectivity index (χ0n) is 11.8. The quantitative estimate of drug-likeness (QED) is 0.830. The maximum absolute atomic E-state index is 12.2. The largest absolute Gasteiger partial charge is 0.349 e. The Balaban J connectivity index is 2.11. The first-order valence-corrected chi connectivity index (χ1v) is 7.04. The van der Waals surface area contributed by atoms with Crippen molar-refractivity contribution in [2.24, 2.45) is 0 Å². The molecule has 2 aromatic rings. The molecule has 22 heavy (non-hydrogen) atoms. The average molecular weight is 315 g/mol. The predicted molar refractivity (Wildman–Crippen MR) is 88.4 cm³/mol. The van der Waals surface area contributed by atoms with Crippen LogP contribution in [0, 0.1) is 0 Å². The van der Waals surface area contributed by atoms with Crippen molar-refractivity contribution in [1.29, 1.82) is 0 Å². The van der Waals surface area contributed by atoms with Crippen LogP contribution in [0.2, 0.25) is 5.02 Å². The number of nitrogens with one attached hydrogen (secondary N) is 2. The molecule has 0 saturated carbocycles. The first kappa shape index (κ1) is 15.8. The molecule has 0 aliphatic carbocycles. The van der Waals surface area contributed by atoms with E-state index in [-0.39, 0.29) is 11.8 Å². The minimum absolute atomic E-state index is 0.249. The van der Waals surface area contributed by atoms with Crippen molar-refractivity contribution in [3.05, 3.63) is 77.3 Å². The average Bonchev–Trinajstić information content (AvgIpc) is 2.54. The van der Waals surface area contributed by atoms with Gasteiger partial charge in [0.1, 0.15) is 0 Å². The highest BCUT2D eigenvalue weighted by Crippen LogP contribution is 2.15. The fraction of sp³-hybridized carbons (Fsp3) is 0.0588. The highest BCUT2D eigenvalue weighted by Gasteiger charge is 2.10. The topological polar surface area (TPSA) is 58.2 Å². The number of carbonyl (C=O) groups excluding carboxylic acids is 2. The van der Waals surface area contributed by atoms with Gasteiger partial charge in [-0.1, -0.05) is 23.7 Å². The van der Waals surface area contributed by atoms with Gasteiger partial charge in [0.05, 0.1) is 0 Å². The Labute approximate surface area is 133 Å². The first-order valence-electron chi connectivity index (χ1n) is 6.66. The third kappa shape index (κ3) is 4.20. The SMILES string of the molecule is C=CCNC(=O)c1cccc(C(=O)Nc2ccc(Cl)cc2)c1. The predicted octanol–water partition coefficient (Wildman–Crippen LogP) is 3.51. The second-order valence-corrected chi connectivity index (χ2v) is 4.98. The number of hydrogen-bond acceptors (Lipinski definition) is 2. The van der Waals surface area contributed by atoms with Gasteiger partial charge in [0, 0.05) is 28.4 Å². The van der Waals surface area contributed by atoms with Crippen LogP contribution in [0.1, 0.15) is 20.7 Å². The summed E-state index contributed by atoms with van der Waals surface area (Å²) < 4.78 is 0. The van der Waals surface area contributed by atoms with E-state index in [0.717, 1.165) is 0 Å². The molecule has 4 nitrogen and oxygen atoms in total. The zero-order chi connectivity index (χ0) is 15.9. The van der Waals surface area contributed by atoms with Crippen LogP contribution in [0.4, 0.5) is 5.69 Å². The summed E-state index contributed by atoms with van der Waals surface area (Å²) in [5.74, 6) is -0.540. The van der Waals surface area contributed by atoms with Crippen molar-refractivity contribution in [1.82, 2.24) is 5.32 Å². The van der Waals surface area contributed by atoms with Crippen molar-refractivity contribution < 1.29 is 9.59 Å². The number of anilines is 1. The summed E-state index contributed by atoms with van der Waals surface area (Å²) in [6.45, 7) is 3.91. The first-order chi connectivity index (χ1) is 10.6. The van der Waals surface area contributed by atoms with Crippen LogP contribution in [0.3, 0.4) is 0 Å². The van der Waals surface area contributed by atoms with E-state index in [4.69, 9.17) is 11.6 Å². The second-order valence-electron chi connectivity index (χ2n) is 4.54. The van der Waals surface area contributed by atoms with Gasteiger partial charge in [-0.05, 0) is 42.5 Å². The molecule has 0 aliphatic rings. The molecule has 0 radical (unpaired) electrons. The van der Waals surface area contributed by atoms with Gasteiger partial charge in [0.25, 0.3) is 11.8 Å². The van der Waals surface area contributed by atoms with Gasteiger partial charge in [-0.3, -0.25) is 9.59 Å². The maximum atomic E-state index is 12.2. The number of carbonyl (C=O) groups is 2. The summed E-state index contributed by atoms with van der Waals surface area (Å²) >= 11 is 5.80. The molecule has 2 rings (SSSR count). The Morgan fingerprint density at radius 2 is 1.68 bits per heavy atom. The van der Waals surface area contributed by atoms with E-state index in [2.05, 4.69) is 17.2 Å². The summed E-state index contributed by atoms with van der Waals surface area (Å²) in [6.07, 6.45) is 1.59. The summed E-state index contributed by atoms with van der Waals surface area (Å²) in [5.41, 5.74) is 1.46. The summed E-state index contributed by atoms with van der Waals surface area (Å²) in [4.78, 5) is 24.1. The molecule has 0 spiro atoms. The lowest BCUT2D eigenvalue weighted by Gasteiger charge is -2.07. The van der Waals surface area contributed by atoms with Crippen molar-refractivity contribution >= 4 is 29.1 Å². The van der Waals surface area contributed by atoms with Crippen LogP contribution in [0.5, 0.6) is 0 Å². The number of halogens is 1. The van der Waals surface area contributed by atoms with Gasteiger partial charge < -0.3 is 10.6 Å². The van der Waals surface area contributed by atoms with Gasteiger partial charge in [0.2, 0.25) is 0 Å². The van der Waals surface area contributed by atoms with Crippen molar-refractivity contribution in [2.45, 2.75) is 0 Å². The van der Waals surface area contributed by atoms with Gasteiger partial charge in [-0.25, -0.2) is 0 Å². The molecule has 0 bridgehead atoms. The van der Waals surface area contributed by atoms with Crippen LogP contribution in [0.15, 0.2) is 61.2 Å². The minimum Gasteiger partial charge on any atom is -0.349 e. The highest BCUT2D eigenvalue weighted by atomic mass is 35.5. The summed E-state index contributed by atoms with van der Waals surface area (Å²) in [5, 5.41) is 6.01. The molecular formula is C17H15ClN2O2. The second kappa shape index (κ2) is 7.43. The maximum Gasteiger partial charge on any atom is 0.255 e. The van der Waals surface area contributed by atoms with Gasteiger partial charge in [-0.15, -0.1) is 6.58 Å². The van der Waals surface area contributed by atoms with Gasteiger partial charge >= 0.3 is 0 Å². The Morgan fingerprint density at radius 3 is 2.32 bits per heavy atom. The number of rotatable bonds is 5. The van der Waals surface area contributed by atoms with Crippen LogP contribution < -0.4 is 10.6 Å². The van der Waals surface area contributed by atoms with E-state index in [0.29, 0.717) is 28.4 Å². The Hall–Kier alpha value is -2.59. The molecule has 0 aliphatic heterocycles. The number of hydrogen-bond donors (Lipinski definition) is 2. The third-order valence-corrected chi connectivity index (χ3v) is 3.15. The Bertz CT molecular complexity index is 696. The Kier molecular flexibility index (Phi) is 5.33. The molecule has 0 atom stereocenters. The normalized spacial score (nSPS) is 9.86. The smallest absolute Gasteiger partial charge is 0.255 e. The fourth-order valence-electron chi connectivity index (χ4n) is 1.81. The van der Waals surface area contributed by atoms with E-state index in [1.54, 1.807) is 54.6 Å². The summed E-state index contributed by atoms with van der Waals surface area (Å²) in [6, 6.07) is 13.3. The van der Waals surface area contributed by atoms with E-state index < -0.39 is 0 Å². The Morgan fingerprint density at radius 1 is 1.05 bits per heavy atom. The lowest BCUT2D eigenvalue weighted by Crippen LogP contribution is -2.23. The molecule has 2 N–H and O–H groups in total. The molecule has 0 fully saturated rings. The third-order valence-electron chi connectivity index (χ3n) is 2.90. The molecule has 2 amide bonds. The van der Waals surface area contributed by atoms with E-state index in [1.165, 1.54) is 0 Å². The lowest BCUT2D eigenvalue weighted by atomic mass is 10.1. The van der Waals surface area contributed by atoms with Crippen molar-refractivity contribution in [3.63, 3.8) is 0 Å². The van der Waals surface area contributed by atoms with Gasteiger partial charge in [-0.2, -0.15) is 0 Å². The van der Waals surface area contributed by atoms with Gasteiger partial charge in [0.15, 0.2) is 0 Å². The van der Waals surface area contributed by atoms with Crippen LogP contribution in [-0.2, 0) is 0 Å². The molecule has 0 aromatic heterocycles. The van der Waals surface area contributed by atoms with Crippen LogP contribution >= 0.6 is 11.6 Å². The zero-order valence-corrected chi connectivity index (χ0v) is 12.6. The lowest BCUT2D eigenvalue weighted by molar-refractivity contribution is 0.0958. The molecule has 2 aromatic carbocycles. The molecular weight excluding hydrogens is 300 g/mol. The fourth-order valence-corrected chi connectivity index (χ4v) is 1.93. The monoisotopic (exact) mass is 314 g/mol. The number of benzene rings is 2. The van der Waals surface area contributed by atoms with E-state index >= 15 is 0 Å². The van der Waals surface area contributed by atoms with E-state index in [1.807, 2.05) is 0 Å². The molecule has 112 valence electrons. The minimum atomic E-state index is -0.291. The van der Waals surface area contributed by atoms with E-state index in [9.17, 15) is 9.59 Å². The molecule has 5 heteroatoms. The highest BCUT2D eigenvalue weighted by molar-refractivity contribution is 6.30. The molecule has 0 saturated heterocycles.